The van der Waals surface area contributed by atoms with E-state index in [1.54, 1.807) is 36.5 Å². The molecular formula is C24H26N2O3. The molecule has 0 saturated heterocycles. The number of unbranched alkanes of at least 4 members (excludes halogenated alkanes) is 1. The molecule has 5 nitrogen and oxygen atoms in total. The molecular weight excluding hydrogens is 364 g/mol. The van der Waals surface area contributed by atoms with Crippen LogP contribution in [0.2, 0.25) is 0 Å². The fourth-order valence-corrected chi connectivity index (χ4v) is 2.68. The number of benzene rings is 2. The second kappa shape index (κ2) is 10.3. The zero-order valence-corrected chi connectivity index (χ0v) is 16.9. The highest BCUT2D eigenvalue weighted by molar-refractivity contribution is 6.06. The van der Waals surface area contributed by atoms with Crippen LogP contribution in [-0.4, -0.2) is 21.9 Å². The van der Waals surface area contributed by atoms with Crippen molar-refractivity contribution in [2.75, 3.05) is 6.61 Å². The fraction of sp³-hybridized carbons (Fsp3) is 0.250. The molecule has 0 fully saturated rings. The number of nitrogens with zero attached hydrogens (tertiary/aromatic N) is 2. The lowest BCUT2D eigenvalue weighted by Crippen LogP contribution is -2.03. The lowest BCUT2D eigenvalue weighted by Gasteiger charge is -2.06. The summed E-state index contributed by atoms with van der Waals surface area (Å²) in [5, 5.41) is 0. The number of ether oxygens (including phenoxy) is 2. The SMILES string of the molecule is CCCCOc1ccc(C=CC(=O)c2ccc(OCc3nccn3C)cc2)cc1. The summed E-state index contributed by atoms with van der Waals surface area (Å²) in [6, 6.07) is 14.9. The quantitative estimate of drug-likeness (QED) is 0.275. The lowest BCUT2D eigenvalue weighted by molar-refractivity contribution is 0.104. The zero-order valence-electron chi connectivity index (χ0n) is 16.9. The number of aromatic nitrogens is 2. The van der Waals surface area contributed by atoms with Crippen molar-refractivity contribution in [3.63, 3.8) is 0 Å². The van der Waals surface area contributed by atoms with Gasteiger partial charge >= 0.3 is 0 Å². The van der Waals surface area contributed by atoms with E-state index in [1.165, 1.54) is 0 Å². The molecule has 0 spiro atoms. The van der Waals surface area contributed by atoms with Crippen molar-refractivity contribution in [2.24, 2.45) is 7.05 Å². The van der Waals surface area contributed by atoms with Gasteiger partial charge in [-0.2, -0.15) is 0 Å². The van der Waals surface area contributed by atoms with Gasteiger partial charge in [0.25, 0.3) is 0 Å². The molecule has 3 aromatic rings. The van der Waals surface area contributed by atoms with Crippen LogP contribution in [-0.2, 0) is 13.7 Å². The van der Waals surface area contributed by atoms with Gasteiger partial charge in [-0.3, -0.25) is 4.79 Å². The molecule has 1 heterocycles. The van der Waals surface area contributed by atoms with Crippen LogP contribution in [0.5, 0.6) is 11.5 Å². The van der Waals surface area contributed by atoms with E-state index in [0.29, 0.717) is 17.9 Å². The molecule has 0 N–H and O–H groups in total. The molecule has 0 atom stereocenters. The van der Waals surface area contributed by atoms with Gasteiger partial charge in [0, 0.05) is 25.0 Å². The number of hydrogen-bond acceptors (Lipinski definition) is 4. The minimum atomic E-state index is -0.0519. The zero-order chi connectivity index (χ0) is 20.5. The normalized spacial score (nSPS) is 11.0. The molecule has 1 aromatic heterocycles. The molecule has 0 unspecified atom stereocenters. The van der Waals surface area contributed by atoms with E-state index in [4.69, 9.17) is 9.47 Å². The number of ketones is 1. The maximum absolute atomic E-state index is 12.4. The van der Waals surface area contributed by atoms with Crippen LogP contribution >= 0.6 is 0 Å². The first kappa shape index (κ1) is 20.4. The van der Waals surface area contributed by atoms with Crippen molar-refractivity contribution in [3.8, 4) is 11.5 Å². The van der Waals surface area contributed by atoms with Crippen LogP contribution in [0.1, 0.15) is 41.5 Å². The van der Waals surface area contributed by atoms with Crippen molar-refractivity contribution in [3.05, 3.63) is 84.0 Å². The molecule has 0 aliphatic heterocycles. The maximum Gasteiger partial charge on any atom is 0.185 e. The van der Waals surface area contributed by atoms with Crippen LogP contribution in [0.15, 0.2) is 67.0 Å². The number of allylic oxidation sites excluding steroid dienone is 1. The van der Waals surface area contributed by atoms with E-state index in [9.17, 15) is 4.79 Å². The van der Waals surface area contributed by atoms with E-state index in [0.717, 1.165) is 36.6 Å². The van der Waals surface area contributed by atoms with Crippen LogP contribution in [0, 0.1) is 0 Å². The molecule has 0 radical (unpaired) electrons. The van der Waals surface area contributed by atoms with E-state index in [1.807, 2.05) is 48.2 Å². The molecule has 0 bridgehead atoms. The van der Waals surface area contributed by atoms with Gasteiger partial charge in [0.2, 0.25) is 0 Å². The molecule has 2 aromatic carbocycles. The molecule has 0 saturated carbocycles. The van der Waals surface area contributed by atoms with Gasteiger partial charge in [-0.05, 0) is 54.5 Å². The first-order valence-electron chi connectivity index (χ1n) is 9.80. The Hall–Kier alpha value is -3.34. The van der Waals surface area contributed by atoms with Crippen LogP contribution in [0.25, 0.3) is 6.08 Å². The molecule has 29 heavy (non-hydrogen) atoms. The first-order valence-corrected chi connectivity index (χ1v) is 9.80. The highest BCUT2D eigenvalue weighted by Gasteiger charge is 2.04. The van der Waals surface area contributed by atoms with E-state index >= 15 is 0 Å². The Balaban J connectivity index is 1.52. The number of carbonyl (C=O) groups excluding carboxylic acids is 1. The minimum Gasteiger partial charge on any atom is -0.494 e. The highest BCUT2D eigenvalue weighted by Crippen LogP contribution is 2.16. The Bertz CT molecular complexity index is 941. The predicted octanol–water partition coefficient (Wildman–Crippen LogP) is 5.07. The summed E-state index contributed by atoms with van der Waals surface area (Å²) in [4.78, 5) is 16.6. The Kier molecular flexibility index (Phi) is 7.22. The lowest BCUT2D eigenvalue weighted by atomic mass is 10.1. The fourth-order valence-electron chi connectivity index (χ4n) is 2.68. The van der Waals surface area contributed by atoms with Gasteiger partial charge < -0.3 is 14.0 Å². The van der Waals surface area contributed by atoms with E-state index in [2.05, 4.69) is 11.9 Å². The van der Waals surface area contributed by atoms with Crippen LogP contribution < -0.4 is 9.47 Å². The van der Waals surface area contributed by atoms with Crippen LogP contribution in [0.3, 0.4) is 0 Å². The smallest absolute Gasteiger partial charge is 0.185 e. The third kappa shape index (κ3) is 6.07. The second-order valence-electron chi connectivity index (χ2n) is 6.74. The number of rotatable bonds is 10. The maximum atomic E-state index is 12.4. The third-order valence-corrected chi connectivity index (χ3v) is 4.50. The largest absolute Gasteiger partial charge is 0.494 e. The van der Waals surface area contributed by atoms with Crippen molar-refractivity contribution in [1.82, 2.24) is 9.55 Å². The Morgan fingerprint density at radius 1 is 1.03 bits per heavy atom. The van der Waals surface area contributed by atoms with Gasteiger partial charge in [0.05, 0.1) is 6.61 Å². The summed E-state index contributed by atoms with van der Waals surface area (Å²) in [6.07, 6.45) is 9.16. The Labute approximate surface area is 171 Å². The Morgan fingerprint density at radius 2 is 1.72 bits per heavy atom. The number of aryl methyl sites for hydroxylation is 1. The minimum absolute atomic E-state index is 0.0519. The van der Waals surface area contributed by atoms with Gasteiger partial charge in [-0.15, -0.1) is 0 Å². The van der Waals surface area contributed by atoms with Gasteiger partial charge in [-0.25, -0.2) is 4.98 Å². The number of imidazole rings is 1. The predicted molar refractivity (Wildman–Crippen MR) is 114 cm³/mol. The van der Waals surface area contributed by atoms with Crippen LogP contribution in [0.4, 0.5) is 0 Å². The summed E-state index contributed by atoms with van der Waals surface area (Å²) >= 11 is 0. The summed E-state index contributed by atoms with van der Waals surface area (Å²) in [5.74, 6) is 2.34. The van der Waals surface area contributed by atoms with Crippen molar-refractivity contribution >= 4 is 11.9 Å². The second-order valence-corrected chi connectivity index (χ2v) is 6.74. The van der Waals surface area contributed by atoms with Crippen molar-refractivity contribution in [1.29, 1.82) is 0 Å². The standard InChI is InChI=1S/C24H26N2O3/c1-3-4-17-28-21-10-5-19(6-11-21)7-14-23(27)20-8-12-22(13-9-20)29-18-24-25-15-16-26(24)2/h5-16H,3-4,17-18H2,1-2H3. The molecule has 3 rings (SSSR count). The number of hydrogen-bond donors (Lipinski definition) is 0. The summed E-state index contributed by atoms with van der Waals surface area (Å²) < 4.78 is 13.3. The van der Waals surface area contributed by atoms with E-state index in [-0.39, 0.29) is 5.78 Å². The molecule has 0 aliphatic carbocycles. The van der Waals surface area contributed by atoms with Crippen molar-refractivity contribution < 1.29 is 14.3 Å². The van der Waals surface area contributed by atoms with Gasteiger partial charge in [-0.1, -0.05) is 31.6 Å². The Morgan fingerprint density at radius 3 is 2.38 bits per heavy atom. The molecule has 0 amide bonds. The summed E-state index contributed by atoms with van der Waals surface area (Å²) in [5.41, 5.74) is 1.57. The average Bonchev–Trinajstić information content (AvgIpc) is 3.17. The third-order valence-electron chi connectivity index (χ3n) is 4.50. The van der Waals surface area contributed by atoms with Crippen molar-refractivity contribution in [2.45, 2.75) is 26.4 Å². The topological polar surface area (TPSA) is 53.4 Å². The molecule has 0 aliphatic rings. The molecule has 150 valence electrons. The summed E-state index contributed by atoms with van der Waals surface area (Å²) in [7, 11) is 1.92. The van der Waals surface area contributed by atoms with Gasteiger partial charge in [0.15, 0.2) is 5.78 Å². The summed E-state index contributed by atoms with van der Waals surface area (Å²) in [6.45, 7) is 3.25. The highest BCUT2D eigenvalue weighted by atomic mass is 16.5. The molecule has 5 heteroatoms. The van der Waals surface area contributed by atoms with Gasteiger partial charge in [0.1, 0.15) is 23.9 Å². The average molecular weight is 390 g/mol. The van der Waals surface area contributed by atoms with E-state index < -0.39 is 0 Å². The number of carbonyl (C=O) groups is 1. The first-order chi connectivity index (χ1) is 14.2. The monoisotopic (exact) mass is 390 g/mol.